The van der Waals surface area contributed by atoms with Crippen LogP contribution in [0.25, 0.3) is 0 Å². The number of pyridine rings is 1. The zero-order valence-electron chi connectivity index (χ0n) is 21.4. The SMILES string of the molecule is O=C(NCc1ncccc1F)c1cn(CCC(F)Cn2cc(C(=O)NCc3cc(OC(F)(F)F)ccc3F)nn2)nn1. The summed E-state index contributed by atoms with van der Waals surface area (Å²) in [6.07, 6.45) is -2.69. The van der Waals surface area contributed by atoms with Crippen molar-refractivity contribution in [2.24, 2.45) is 0 Å². The summed E-state index contributed by atoms with van der Waals surface area (Å²) in [4.78, 5) is 28.4. The number of alkyl halides is 4. The molecular weight excluding hydrogens is 576 g/mol. The van der Waals surface area contributed by atoms with E-state index in [0.717, 1.165) is 29.1 Å². The lowest BCUT2D eigenvalue weighted by atomic mass is 10.2. The van der Waals surface area contributed by atoms with Crippen LogP contribution in [0.1, 0.15) is 38.7 Å². The molecule has 0 radical (unpaired) electrons. The molecular formula is C24H21F6N9O3. The van der Waals surface area contributed by atoms with Crippen LogP contribution in [0.3, 0.4) is 0 Å². The number of amides is 2. The normalized spacial score (nSPS) is 12.1. The van der Waals surface area contributed by atoms with Gasteiger partial charge in [0, 0.05) is 31.3 Å². The Morgan fingerprint density at radius 1 is 0.929 bits per heavy atom. The number of ether oxygens (including phenoxy) is 1. The second-order valence-corrected chi connectivity index (χ2v) is 8.68. The van der Waals surface area contributed by atoms with Gasteiger partial charge in [-0.05, 0) is 30.3 Å². The number of nitrogens with zero attached hydrogens (tertiary/aromatic N) is 7. The monoisotopic (exact) mass is 597 g/mol. The van der Waals surface area contributed by atoms with Gasteiger partial charge in [-0.2, -0.15) is 0 Å². The molecule has 1 atom stereocenters. The lowest BCUT2D eigenvalue weighted by Gasteiger charge is -2.11. The summed E-state index contributed by atoms with van der Waals surface area (Å²) in [5, 5.41) is 19.5. The van der Waals surface area contributed by atoms with Crippen molar-refractivity contribution in [2.75, 3.05) is 0 Å². The molecule has 0 aliphatic carbocycles. The van der Waals surface area contributed by atoms with E-state index < -0.39 is 48.3 Å². The van der Waals surface area contributed by atoms with E-state index in [4.69, 9.17) is 0 Å². The van der Waals surface area contributed by atoms with Crippen molar-refractivity contribution < 1.29 is 40.7 Å². The van der Waals surface area contributed by atoms with Gasteiger partial charge in [-0.3, -0.25) is 19.3 Å². The Labute approximate surface area is 232 Å². The van der Waals surface area contributed by atoms with Crippen LogP contribution >= 0.6 is 0 Å². The molecule has 2 N–H and O–H groups in total. The van der Waals surface area contributed by atoms with Crippen LogP contribution in [-0.2, 0) is 26.2 Å². The first-order valence-corrected chi connectivity index (χ1v) is 12.1. The fourth-order valence-corrected chi connectivity index (χ4v) is 3.52. The number of aryl methyl sites for hydroxylation is 1. The van der Waals surface area contributed by atoms with Crippen molar-refractivity contribution in [3.8, 4) is 5.75 Å². The van der Waals surface area contributed by atoms with Gasteiger partial charge in [0.1, 0.15) is 23.6 Å². The molecule has 0 saturated carbocycles. The molecule has 0 saturated heterocycles. The Morgan fingerprint density at radius 3 is 2.29 bits per heavy atom. The van der Waals surface area contributed by atoms with E-state index in [9.17, 15) is 35.9 Å². The second-order valence-electron chi connectivity index (χ2n) is 8.68. The van der Waals surface area contributed by atoms with Gasteiger partial charge >= 0.3 is 6.36 Å². The van der Waals surface area contributed by atoms with Gasteiger partial charge in [-0.1, -0.05) is 10.4 Å². The van der Waals surface area contributed by atoms with E-state index in [-0.39, 0.29) is 48.7 Å². The topological polar surface area (TPSA) is 142 Å². The fraction of sp³-hybridized carbons (Fsp3) is 0.292. The fourth-order valence-electron chi connectivity index (χ4n) is 3.52. The molecule has 0 fully saturated rings. The number of hydrogen-bond donors (Lipinski definition) is 2. The van der Waals surface area contributed by atoms with Crippen molar-refractivity contribution in [2.45, 2.75) is 45.1 Å². The molecule has 1 aromatic carbocycles. The van der Waals surface area contributed by atoms with Crippen molar-refractivity contribution >= 4 is 11.8 Å². The Kier molecular flexibility index (Phi) is 9.33. The number of rotatable bonds is 12. The largest absolute Gasteiger partial charge is 0.573 e. The Bertz CT molecular complexity index is 1540. The zero-order valence-corrected chi connectivity index (χ0v) is 21.4. The molecule has 0 aliphatic rings. The van der Waals surface area contributed by atoms with Gasteiger partial charge in [0.05, 0.1) is 31.2 Å². The standard InChI is InChI=1S/C24H21F6N9O3/c25-15(5-7-38-12-20(34-36-38)23(41)33-10-19-18(27)2-1-6-31-19)11-39-13-21(35-37-39)22(40)32-9-14-8-16(3-4-17(14)26)42-24(28,29)30/h1-4,6,8,12-13,15H,5,7,9-11H2,(H,32,40)(H,33,41). The molecule has 0 spiro atoms. The van der Waals surface area contributed by atoms with Crippen LogP contribution in [0.4, 0.5) is 26.3 Å². The predicted molar refractivity (Wildman–Crippen MR) is 129 cm³/mol. The van der Waals surface area contributed by atoms with Gasteiger partial charge in [0.15, 0.2) is 11.4 Å². The van der Waals surface area contributed by atoms with Gasteiger partial charge in [0.2, 0.25) is 0 Å². The maximum Gasteiger partial charge on any atom is 0.573 e. The smallest absolute Gasteiger partial charge is 0.406 e. The average Bonchev–Trinajstić information content (AvgIpc) is 3.61. The van der Waals surface area contributed by atoms with Crippen LogP contribution in [0, 0.1) is 11.6 Å². The summed E-state index contributed by atoms with van der Waals surface area (Å²) in [5.74, 6) is -3.54. The van der Waals surface area contributed by atoms with Crippen LogP contribution in [-0.4, -0.2) is 59.3 Å². The third-order valence-corrected chi connectivity index (χ3v) is 5.54. The molecule has 222 valence electrons. The molecule has 3 aromatic heterocycles. The first-order valence-electron chi connectivity index (χ1n) is 12.1. The molecule has 0 bridgehead atoms. The number of carbonyl (C=O) groups is 2. The minimum absolute atomic E-state index is 0.0427. The third kappa shape index (κ3) is 8.48. The van der Waals surface area contributed by atoms with E-state index >= 15 is 0 Å². The van der Waals surface area contributed by atoms with Crippen LogP contribution in [0.15, 0.2) is 48.9 Å². The average molecular weight is 597 g/mol. The Hall–Kier alpha value is -5.03. The van der Waals surface area contributed by atoms with Gasteiger partial charge in [-0.15, -0.1) is 23.4 Å². The van der Waals surface area contributed by atoms with Crippen molar-refractivity contribution in [3.63, 3.8) is 0 Å². The maximum absolute atomic E-state index is 14.6. The first kappa shape index (κ1) is 29.9. The zero-order chi connectivity index (χ0) is 30.3. The lowest BCUT2D eigenvalue weighted by Crippen LogP contribution is -2.24. The van der Waals surface area contributed by atoms with Crippen molar-refractivity contribution in [1.82, 2.24) is 45.6 Å². The van der Waals surface area contributed by atoms with Crippen molar-refractivity contribution in [1.29, 1.82) is 0 Å². The molecule has 0 aliphatic heterocycles. The maximum atomic E-state index is 14.6. The van der Waals surface area contributed by atoms with Gasteiger partial charge in [0.25, 0.3) is 11.8 Å². The number of carbonyl (C=O) groups excluding carboxylic acids is 2. The lowest BCUT2D eigenvalue weighted by molar-refractivity contribution is -0.274. The molecule has 2 amide bonds. The van der Waals surface area contributed by atoms with E-state index in [1.54, 1.807) is 0 Å². The minimum atomic E-state index is -4.97. The molecule has 1 unspecified atom stereocenters. The number of halogens is 6. The quantitative estimate of drug-likeness (QED) is 0.238. The molecule has 42 heavy (non-hydrogen) atoms. The van der Waals surface area contributed by atoms with Crippen LogP contribution in [0.2, 0.25) is 0 Å². The number of nitrogens with one attached hydrogen (secondary N) is 2. The van der Waals surface area contributed by atoms with Crippen molar-refractivity contribution in [3.05, 3.63) is 83.2 Å². The summed E-state index contributed by atoms with van der Waals surface area (Å²) in [7, 11) is 0. The minimum Gasteiger partial charge on any atom is -0.406 e. The number of benzene rings is 1. The van der Waals surface area contributed by atoms with Gasteiger partial charge < -0.3 is 15.4 Å². The number of hydrogen-bond acceptors (Lipinski definition) is 8. The summed E-state index contributed by atoms with van der Waals surface area (Å²) in [6.45, 7) is -0.884. The Balaban J connectivity index is 1.22. The molecule has 3 heterocycles. The highest BCUT2D eigenvalue weighted by Gasteiger charge is 2.31. The van der Waals surface area contributed by atoms with E-state index in [1.165, 1.54) is 29.2 Å². The highest BCUT2D eigenvalue weighted by atomic mass is 19.4. The second kappa shape index (κ2) is 13.1. The van der Waals surface area contributed by atoms with Crippen LogP contribution in [0.5, 0.6) is 5.75 Å². The number of aromatic nitrogens is 7. The van der Waals surface area contributed by atoms with E-state index in [2.05, 4.69) is 41.0 Å². The summed E-state index contributed by atoms with van der Waals surface area (Å²) in [6, 6.07) is 4.97. The predicted octanol–water partition coefficient (Wildman–Crippen LogP) is 2.73. The van der Waals surface area contributed by atoms with Gasteiger partial charge in [-0.25, -0.2) is 17.9 Å². The Morgan fingerprint density at radius 2 is 1.60 bits per heavy atom. The molecule has 12 nitrogen and oxygen atoms in total. The highest BCUT2D eigenvalue weighted by Crippen LogP contribution is 2.24. The molecule has 18 heteroatoms. The summed E-state index contributed by atoms with van der Waals surface area (Å²) in [5.41, 5.74) is -0.515. The van der Waals surface area contributed by atoms with E-state index in [0.29, 0.717) is 0 Å². The third-order valence-electron chi connectivity index (χ3n) is 5.54. The van der Waals surface area contributed by atoms with Crippen LogP contribution < -0.4 is 15.4 Å². The summed E-state index contributed by atoms with van der Waals surface area (Å²) < 4.78 is 85.3. The first-order chi connectivity index (χ1) is 20.0. The summed E-state index contributed by atoms with van der Waals surface area (Å²) >= 11 is 0. The molecule has 4 rings (SSSR count). The highest BCUT2D eigenvalue weighted by molar-refractivity contribution is 5.92. The van der Waals surface area contributed by atoms with E-state index in [1.807, 2.05) is 0 Å². The molecule has 4 aromatic rings.